The quantitative estimate of drug-likeness (QED) is 0.734. The molecule has 0 aromatic heterocycles. The molecule has 0 aliphatic rings. The lowest BCUT2D eigenvalue weighted by Crippen LogP contribution is -2.07. The van der Waals surface area contributed by atoms with Gasteiger partial charge in [-0.05, 0) is 18.2 Å². The molecule has 5 nitrogen and oxygen atoms in total. The molecule has 0 aliphatic heterocycles. The van der Waals surface area contributed by atoms with E-state index in [1.165, 1.54) is 12.1 Å². The first kappa shape index (κ1) is 10.8. The van der Waals surface area contributed by atoms with Crippen LogP contribution >= 0.6 is 0 Å². The number of aromatic carboxylic acids is 2. The molecule has 0 bridgehead atoms. The first-order valence-corrected chi connectivity index (χ1v) is 3.94. The molecule has 0 radical (unpaired) electrons. The fourth-order valence-corrected chi connectivity index (χ4v) is 1.06. The van der Waals surface area contributed by atoms with E-state index in [4.69, 9.17) is 14.9 Å². The average Bonchev–Trinajstić information content (AvgIpc) is 2.17. The second-order valence-corrected chi connectivity index (χ2v) is 2.60. The lowest BCUT2D eigenvalue weighted by Gasteiger charge is -2.04. The van der Waals surface area contributed by atoms with Crippen LogP contribution in [-0.2, 0) is 0 Å². The molecule has 0 saturated heterocycles. The van der Waals surface area contributed by atoms with Gasteiger partial charge in [-0.15, -0.1) is 0 Å². The van der Waals surface area contributed by atoms with Crippen molar-refractivity contribution in [3.05, 3.63) is 42.2 Å². The molecule has 0 unspecified atom stereocenters. The fourth-order valence-electron chi connectivity index (χ4n) is 1.06. The van der Waals surface area contributed by atoms with Crippen molar-refractivity contribution in [1.82, 2.24) is 0 Å². The molecule has 78 valence electrons. The van der Waals surface area contributed by atoms with Gasteiger partial charge in [0, 0.05) is 0 Å². The maximum absolute atomic E-state index is 10.7. The van der Waals surface area contributed by atoms with Gasteiger partial charge in [-0.1, -0.05) is 6.58 Å². The van der Waals surface area contributed by atoms with Crippen LogP contribution in [0.3, 0.4) is 0 Å². The van der Waals surface area contributed by atoms with Gasteiger partial charge >= 0.3 is 11.9 Å². The zero-order valence-electron chi connectivity index (χ0n) is 7.64. The molecular formula is C10H8O5. The van der Waals surface area contributed by atoms with E-state index in [2.05, 4.69) is 6.58 Å². The lowest BCUT2D eigenvalue weighted by atomic mass is 10.1. The number of benzene rings is 1. The molecule has 0 fully saturated rings. The standard InChI is InChI=1S/C10H8O5/c1-2-15-6-3-4-7(9(11)12)8(5-6)10(13)14/h2-5H,1H2,(H,11,12)(H,13,14). The second kappa shape index (κ2) is 4.28. The van der Waals surface area contributed by atoms with Crippen LogP contribution in [0.4, 0.5) is 0 Å². The monoisotopic (exact) mass is 208 g/mol. The Hall–Kier alpha value is -2.30. The first-order valence-electron chi connectivity index (χ1n) is 3.94. The Morgan fingerprint density at radius 3 is 2.27 bits per heavy atom. The summed E-state index contributed by atoms with van der Waals surface area (Å²) in [5, 5.41) is 17.5. The Morgan fingerprint density at radius 2 is 1.80 bits per heavy atom. The maximum atomic E-state index is 10.7. The molecule has 2 N–H and O–H groups in total. The molecule has 1 aromatic rings. The highest BCUT2D eigenvalue weighted by Crippen LogP contribution is 2.18. The Bertz CT molecular complexity index is 422. The van der Waals surface area contributed by atoms with Crippen LogP contribution in [0, 0.1) is 0 Å². The summed E-state index contributed by atoms with van der Waals surface area (Å²) in [6, 6.07) is 3.66. The lowest BCUT2D eigenvalue weighted by molar-refractivity contribution is 0.0651. The first-order chi connectivity index (χ1) is 7.06. The topological polar surface area (TPSA) is 83.8 Å². The third-order valence-electron chi connectivity index (χ3n) is 1.67. The number of ether oxygens (including phenoxy) is 1. The normalized spacial score (nSPS) is 9.33. The summed E-state index contributed by atoms with van der Waals surface area (Å²) in [6.07, 6.45) is 1.13. The molecule has 15 heavy (non-hydrogen) atoms. The number of rotatable bonds is 4. The molecule has 0 amide bonds. The van der Waals surface area contributed by atoms with E-state index in [1.54, 1.807) is 0 Å². The molecular weight excluding hydrogens is 200 g/mol. The smallest absolute Gasteiger partial charge is 0.336 e. The van der Waals surface area contributed by atoms with Crippen LogP contribution in [0.15, 0.2) is 31.0 Å². The van der Waals surface area contributed by atoms with Crippen molar-refractivity contribution in [2.45, 2.75) is 0 Å². The van der Waals surface area contributed by atoms with Gasteiger partial charge in [-0.2, -0.15) is 0 Å². The molecule has 1 rings (SSSR count). The zero-order valence-corrected chi connectivity index (χ0v) is 7.64. The Morgan fingerprint density at radius 1 is 1.20 bits per heavy atom. The van der Waals surface area contributed by atoms with Crippen molar-refractivity contribution in [1.29, 1.82) is 0 Å². The molecule has 0 atom stereocenters. The summed E-state index contributed by atoms with van der Waals surface area (Å²) in [6.45, 7) is 3.30. The number of carboxylic acid groups (broad SMARTS) is 2. The van der Waals surface area contributed by atoms with Crippen molar-refractivity contribution in [2.75, 3.05) is 0 Å². The minimum Gasteiger partial charge on any atom is -0.478 e. The maximum Gasteiger partial charge on any atom is 0.336 e. The van der Waals surface area contributed by atoms with E-state index in [9.17, 15) is 9.59 Å². The molecule has 0 aliphatic carbocycles. The Balaban J connectivity index is 3.26. The van der Waals surface area contributed by atoms with Crippen LogP contribution in [0.5, 0.6) is 5.75 Å². The van der Waals surface area contributed by atoms with E-state index in [0.29, 0.717) is 0 Å². The van der Waals surface area contributed by atoms with Gasteiger partial charge in [-0.3, -0.25) is 0 Å². The predicted octanol–water partition coefficient (Wildman–Crippen LogP) is 1.61. The van der Waals surface area contributed by atoms with Crippen molar-refractivity contribution in [3.63, 3.8) is 0 Å². The summed E-state index contributed by atoms with van der Waals surface area (Å²) in [7, 11) is 0. The third kappa shape index (κ3) is 2.34. The van der Waals surface area contributed by atoms with Gasteiger partial charge < -0.3 is 14.9 Å². The highest BCUT2D eigenvalue weighted by molar-refractivity contribution is 6.01. The average molecular weight is 208 g/mol. The second-order valence-electron chi connectivity index (χ2n) is 2.60. The number of hydrogen-bond donors (Lipinski definition) is 2. The highest BCUT2D eigenvalue weighted by Gasteiger charge is 2.16. The predicted molar refractivity (Wildman–Crippen MR) is 51.2 cm³/mol. The summed E-state index contributed by atoms with van der Waals surface area (Å²) in [4.78, 5) is 21.4. The highest BCUT2D eigenvalue weighted by atomic mass is 16.5. The van der Waals surface area contributed by atoms with Crippen LogP contribution in [0.25, 0.3) is 0 Å². The van der Waals surface area contributed by atoms with Crippen molar-refractivity contribution in [3.8, 4) is 5.75 Å². The van der Waals surface area contributed by atoms with E-state index in [0.717, 1.165) is 12.3 Å². The number of carboxylic acids is 2. The van der Waals surface area contributed by atoms with Gasteiger partial charge in [0.1, 0.15) is 5.75 Å². The fraction of sp³-hybridized carbons (Fsp3) is 0. The van der Waals surface area contributed by atoms with Gasteiger partial charge in [0.15, 0.2) is 0 Å². The third-order valence-corrected chi connectivity index (χ3v) is 1.67. The summed E-state index contributed by atoms with van der Waals surface area (Å²) in [5.41, 5.74) is -0.597. The van der Waals surface area contributed by atoms with Gasteiger partial charge in [0.05, 0.1) is 17.4 Å². The molecule has 1 aromatic carbocycles. The minimum absolute atomic E-state index is 0.229. The van der Waals surface area contributed by atoms with Crippen molar-refractivity contribution in [2.24, 2.45) is 0 Å². The van der Waals surface area contributed by atoms with Gasteiger partial charge in [-0.25, -0.2) is 9.59 Å². The molecule has 0 heterocycles. The minimum atomic E-state index is -1.32. The van der Waals surface area contributed by atoms with Crippen LogP contribution in [0.1, 0.15) is 20.7 Å². The van der Waals surface area contributed by atoms with Crippen molar-refractivity contribution < 1.29 is 24.5 Å². The summed E-state index contributed by atoms with van der Waals surface area (Å²) in [5.74, 6) is -2.38. The largest absolute Gasteiger partial charge is 0.478 e. The van der Waals surface area contributed by atoms with Gasteiger partial charge in [0.2, 0.25) is 0 Å². The van der Waals surface area contributed by atoms with E-state index in [-0.39, 0.29) is 16.9 Å². The SMILES string of the molecule is C=COc1ccc(C(=O)O)c(C(=O)O)c1. The van der Waals surface area contributed by atoms with Crippen molar-refractivity contribution >= 4 is 11.9 Å². The van der Waals surface area contributed by atoms with E-state index >= 15 is 0 Å². The number of hydrogen-bond acceptors (Lipinski definition) is 3. The molecule has 0 spiro atoms. The zero-order chi connectivity index (χ0) is 11.4. The Kier molecular flexibility index (Phi) is 3.07. The number of carbonyl (C=O) groups is 2. The van der Waals surface area contributed by atoms with E-state index < -0.39 is 11.9 Å². The molecule has 0 saturated carbocycles. The van der Waals surface area contributed by atoms with Crippen LogP contribution in [-0.4, -0.2) is 22.2 Å². The summed E-state index contributed by atoms with van der Waals surface area (Å²) >= 11 is 0. The van der Waals surface area contributed by atoms with Crippen LogP contribution in [0.2, 0.25) is 0 Å². The van der Waals surface area contributed by atoms with Crippen LogP contribution < -0.4 is 4.74 Å². The molecule has 5 heteroatoms. The van der Waals surface area contributed by atoms with Gasteiger partial charge in [0.25, 0.3) is 0 Å². The Labute approximate surface area is 85.2 Å². The summed E-state index contributed by atoms with van der Waals surface area (Å²) < 4.78 is 4.84. The van der Waals surface area contributed by atoms with E-state index in [1.807, 2.05) is 0 Å².